The van der Waals surface area contributed by atoms with E-state index in [0.717, 1.165) is 31.5 Å². The normalized spacial score (nSPS) is 16.6. The average Bonchev–Trinajstić information content (AvgIpc) is 3.22. The lowest BCUT2D eigenvalue weighted by Crippen LogP contribution is -2.33. The SMILES string of the molecule is CCC(C)N(CC)c1ncc(CNC2CC2)cn1. The van der Waals surface area contributed by atoms with Crippen LogP contribution in [0.25, 0.3) is 0 Å². The molecule has 100 valence electrons. The molecule has 1 saturated carbocycles. The van der Waals surface area contributed by atoms with Crippen LogP contribution in [0.1, 0.15) is 45.6 Å². The Kier molecular flexibility index (Phi) is 4.53. The smallest absolute Gasteiger partial charge is 0.225 e. The Hall–Kier alpha value is -1.16. The third-order valence-corrected chi connectivity index (χ3v) is 3.58. The van der Waals surface area contributed by atoms with Crippen LogP contribution in [0.4, 0.5) is 5.95 Å². The zero-order valence-corrected chi connectivity index (χ0v) is 11.7. The van der Waals surface area contributed by atoms with Gasteiger partial charge in [0.2, 0.25) is 5.95 Å². The van der Waals surface area contributed by atoms with Crippen LogP contribution in [0.2, 0.25) is 0 Å². The topological polar surface area (TPSA) is 41.1 Å². The summed E-state index contributed by atoms with van der Waals surface area (Å²) in [6, 6.07) is 1.22. The van der Waals surface area contributed by atoms with Crippen molar-refractivity contribution in [3.8, 4) is 0 Å². The van der Waals surface area contributed by atoms with Crippen LogP contribution >= 0.6 is 0 Å². The van der Waals surface area contributed by atoms with Gasteiger partial charge in [-0.1, -0.05) is 6.92 Å². The summed E-state index contributed by atoms with van der Waals surface area (Å²) < 4.78 is 0. The molecule has 0 saturated heterocycles. The van der Waals surface area contributed by atoms with Gasteiger partial charge in [-0.3, -0.25) is 0 Å². The molecule has 4 nitrogen and oxygen atoms in total. The summed E-state index contributed by atoms with van der Waals surface area (Å²) >= 11 is 0. The first kappa shape index (κ1) is 13.3. The lowest BCUT2D eigenvalue weighted by molar-refractivity contribution is 0.612. The molecule has 0 amide bonds. The van der Waals surface area contributed by atoms with E-state index in [4.69, 9.17) is 0 Å². The van der Waals surface area contributed by atoms with Crippen molar-refractivity contribution in [3.05, 3.63) is 18.0 Å². The minimum atomic E-state index is 0.491. The molecule has 0 bridgehead atoms. The Morgan fingerprint density at radius 3 is 2.50 bits per heavy atom. The van der Waals surface area contributed by atoms with Crippen molar-refractivity contribution in [3.63, 3.8) is 0 Å². The first-order chi connectivity index (χ1) is 8.74. The molecular weight excluding hydrogens is 224 g/mol. The molecular formula is C14H24N4. The molecule has 0 spiro atoms. The third kappa shape index (κ3) is 3.42. The fourth-order valence-electron chi connectivity index (χ4n) is 2.01. The maximum Gasteiger partial charge on any atom is 0.225 e. The van der Waals surface area contributed by atoms with Crippen LogP contribution in [-0.2, 0) is 6.54 Å². The molecule has 0 radical (unpaired) electrons. The lowest BCUT2D eigenvalue weighted by Gasteiger charge is -2.27. The number of rotatable bonds is 7. The van der Waals surface area contributed by atoms with Crippen molar-refractivity contribution in [2.45, 2.75) is 58.7 Å². The van der Waals surface area contributed by atoms with Gasteiger partial charge in [0.05, 0.1) is 0 Å². The highest BCUT2D eigenvalue weighted by Gasteiger charge is 2.20. The Bertz CT molecular complexity index is 359. The summed E-state index contributed by atoms with van der Waals surface area (Å²) in [5.41, 5.74) is 1.17. The van der Waals surface area contributed by atoms with Gasteiger partial charge in [-0.2, -0.15) is 0 Å². The fraction of sp³-hybridized carbons (Fsp3) is 0.714. The molecule has 1 atom stereocenters. The standard InChI is InChI=1S/C14H24N4/c1-4-11(3)18(5-2)14-16-9-12(10-17-14)8-15-13-6-7-13/h9-11,13,15H,4-8H2,1-3H3. The van der Waals surface area contributed by atoms with Gasteiger partial charge in [-0.25, -0.2) is 9.97 Å². The molecule has 1 unspecified atom stereocenters. The monoisotopic (exact) mass is 248 g/mol. The van der Waals surface area contributed by atoms with E-state index in [0.29, 0.717) is 6.04 Å². The second-order valence-corrected chi connectivity index (χ2v) is 5.09. The van der Waals surface area contributed by atoms with E-state index in [1.54, 1.807) is 0 Å². The fourth-order valence-corrected chi connectivity index (χ4v) is 2.01. The van der Waals surface area contributed by atoms with E-state index in [-0.39, 0.29) is 0 Å². The summed E-state index contributed by atoms with van der Waals surface area (Å²) in [5, 5.41) is 3.48. The maximum absolute atomic E-state index is 4.49. The lowest BCUT2D eigenvalue weighted by atomic mass is 10.2. The van der Waals surface area contributed by atoms with Gasteiger partial charge >= 0.3 is 0 Å². The van der Waals surface area contributed by atoms with E-state index >= 15 is 0 Å². The zero-order valence-electron chi connectivity index (χ0n) is 11.7. The molecule has 0 aliphatic heterocycles. The second-order valence-electron chi connectivity index (χ2n) is 5.09. The number of nitrogens with zero attached hydrogens (tertiary/aromatic N) is 3. The van der Waals surface area contributed by atoms with Crippen LogP contribution in [-0.4, -0.2) is 28.6 Å². The van der Waals surface area contributed by atoms with Crippen molar-refractivity contribution >= 4 is 5.95 Å². The van der Waals surface area contributed by atoms with Crippen LogP contribution in [0.5, 0.6) is 0 Å². The van der Waals surface area contributed by atoms with Crippen molar-refractivity contribution < 1.29 is 0 Å². The van der Waals surface area contributed by atoms with Gasteiger partial charge in [-0.05, 0) is 33.1 Å². The van der Waals surface area contributed by atoms with Crippen LogP contribution < -0.4 is 10.2 Å². The third-order valence-electron chi connectivity index (χ3n) is 3.58. The Morgan fingerprint density at radius 1 is 1.33 bits per heavy atom. The summed E-state index contributed by atoms with van der Waals surface area (Å²) in [6.07, 6.45) is 7.64. The van der Waals surface area contributed by atoms with Gasteiger partial charge in [0.1, 0.15) is 0 Å². The van der Waals surface area contributed by atoms with Crippen LogP contribution in [0.3, 0.4) is 0 Å². The zero-order chi connectivity index (χ0) is 13.0. The highest BCUT2D eigenvalue weighted by Crippen LogP contribution is 2.19. The Morgan fingerprint density at radius 2 is 2.00 bits per heavy atom. The minimum absolute atomic E-state index is 0.491. The molecule has 1 aliphatic rings. The molecule has 1 aliphatic carbocycles. The summed E-state index contributed by atoms with van der Waals surface area (Å²) in [4.78, 5) is 11.2. The van der Waals surface area contributed by atoms with Crippen molar-refractivity contribution in [1.82, 2.24) is 15.3 Å². The predicted octanol–water partition coefficient (Wildman–Crippen LogP) is 2.35. The molecule has 1 fully saturated rings. The van der Waals surface area contributed by atoms with Gasteiger partial charge in [0, 0.05) is 43.1 Å². The summed E-state index contributed by atoms with van der Waals surface area (Å²) in [7, 11) is 0. The van der Waals surface area contributed by atoms with E-state index in [1.165, 1.54) is 18.4 Å². The summed E-state index contributed by atoms with van der Waals surface area (Å²) in [5.74, 6) is 0.849. The highest BCUT2D eigenvalue weighted by atomic mass is 15.3. The second kappa shape index (κ2) is 6.14. The van der Waals surface area contributed by atoms with Crippen molar-refractivity contribution in [1.29, 1.82) is 0 Å². The Labute approximate surface area is 110 Å². The molecule has 1 N–H and O–H groups in total. The predicted molar refractivity (Wildman–Crippen MR) is 74.7 cm³/mol. The molecule has 1 heterocycles. The average molecular weight is 248 g/mol. The van der Waals surface area contributed by atoms with Crippen molar-refractivity contribution in [2.24, 2.45) is 0 Å². The number of hydrogen-bond acceptors (Lipinski definition) is 4. The summed E-state index contributed by atoms with van der Waals surface area (Å²) in [6.45, 7) is 8.41. The highest BCUT2D eigenvalue weighted by molar-refractivity contribution is 5.31. The quantitative estimate of drug-likeness (QED) is 0.804. The molecule has 4 heteroatoms. The van der Waals surface area contributed by atoms with E-state index in [9.17, 15) is 0 Å². The van der Waals surface area contributed by atoms with E-state index in [2.05, 4.69) is 41.0 Å². The van der Waals surface area contributed by atoms with Crippen molar-refractivity contribution in [2.75, 3.05) is 11.4 Å². The number of nitrogens with one attached hydrogen (secondary N) is 1. The number of aromatic nitrogens is 2. The molecule has 1 aromatic heterocycles. The Balaban J connectivity index is 1.95. The molecule has 2 rings (SSSR count). The van der Waals surface area contributed by atoms with Crippen LogP contribution in [0, 0.1) is 0 Å². The van der Waals surface area contributed by atoms with Gasteiger partial charge < -0.3 is 10.2 Å². The van der Waals surface area contributed by atoms with Crippen LogP contribution in [0.15, 0.2) is 12.4 Å². The minimum Gasteiger partial charge on any atom is -0.338 e. The van der Waals surface area contributed by atoms with Gasteiger partial charge in [0.25, 0.3) is 0 Å². The molecule has 1 aromatic rings. The number of hydrogen-bond donors (Lipinski definition) is 1. The molecule has 18 heavy (non-hydrogen) atoms. The van der Waals surface area contributed by atoms with Gasteiger partial charge in [0.15, 0.2) is 0 Å². The largest absolute Gasteiger partial charge is 0.338 e. The first-order valence-corrected chi connectivity index (χ1v) is 7.05. The number of anilines is 1. The van der Waals surface area contributed by atoms with E-state index < -0.39 is 0 Å². The van der Waals surface area contributed by atoms with E-state index in [1.807, 2.05) is 12.4 Å². The first-order valence-electron chi connectivity index (χ1n) is 7.05. The maximum atomic E-state index is 4.49. The van der Waals surface area contributed by atoms with Gasteiger partial charge in [-0.15, -0.1) is 0 Å². The molecule has 0 aromatic carbocycles.